The van der Waals surface area contributed by atoms with Gasteiger partial charge in [-0.25, -0.2) is 0 Å². The molecule has 0 saturated carbocycles. The Labute approximate surface area is 133 Å². The lowest BCUT2D eigenvalue weighted by molar-refractivity contribution is -0.113. The van der Waals surface area contributed by atoms with Crippen LogP contribution in [0.4, 0.5) is 11.4 Å². The molecule has 0 radical (unpaired) electrons. The number of rotatable bonds is 5. The number of thioether (sulfide) groups is 2. The summed E-state index contributed by atoms with van der Waals surface area (Å²) in [7, 11) is 0. The van der Waals surface area contributed by atoms with Crippen LogP contribution >= 0.6 is 46.5 Å². The van der Waals surface area contributed by atoms with Crippen LogP contribution in [0.5, 0.6) is 0 Å². The van der Waals surface area contributed by atoms with Gasteiger partial charge in [0.05, 0.1) is 17.1 Å². The molecule has 0 spiro atoms. The second-order valence-corrected chi connectivity index (χ2v) is 7.30. The highest BCUT2D eigenvalue weighted by Gasteiger charge is 2.09. The number of carbonyl (C=O) groups excluding carboxylic acids is 1. The first kappa shape index (κ1) is 15.4. The topological polar surface area (TPSA) is 80.9 Å². The number of amides is 1. The fraction of sp³-hybridized carbons (Fsp3) is 0.182. The maximum atomic E-state index is 11.8. The Morgan fingerprint density at radius 1 is 1.45 bits per heavy atom. The first-order valence-corrected chi connectivity index (χ1v) is 8.84. The van der Waals surface area contributed by atoms with Gasteiger partial charge in [-0.2, -0.15) is 0 Å². The van der Waals surface area contributed by atoms with Crippen LogP contribution < -0.4 is 11.1 Å². The molecule has 0 aliphatic rings. The molecule has 1 aromatic carbocycles. The van der Waals surface area contributed by atoms with E-state index < -0.39 is 0 Å². The van der Waals surface area contributed by atoms with Crippen molar-refractivity contribution in [2.45, 2.75) is 8.68 Å². The maximum absolute atomic E-state index is 11.8. The molecule has 0 saturated heterocycles. The third-order valence-electron chi connectivity index (χ3n) is 2.18. The van der Waals surface area contributed by atoms with Gasteiger partial charge in [0.2, 0.25) is 5.91 Å². The Hall–Kier alpha value is -0.960. The molecule has 5 nitrogen and oxygen atoms in total. The highest BCUT2D eigenvalue weighted by atomic mass is 35.5. The zero-order valence-corrected chi connectivity index (χ0v) is 13.6. The van der Waals surface area contributed by atoms with Crippen molar-refractivity contribution in [2.75, 3.05) is 23.1 Å². The number of nitrogens with one attached hydrogen (secondary N) is 1. The summed E-state index contributed by atoms with van der Waals surface area (Å²) in [4.78, 5) is 11.8. The van der Waals surface area contributed by atoms with E-state index in [0.717, 1.165) is 8.68 Å². The van der Waals surface area contributed by atoms with Gasteiger partial charge in [-0.1, -0.05) is 46.5 Å². The first-order chi connectivity index (χ1) is 9.58. The quantitative estimate of drug-likeness (QED) is 0.639. The minimum absolute atomic E-state index is 0.148. The minimum atomic E-state index is -0.148. The third-order valence-corrected chi connectivity index (χ3v) is 5.44. The SMILES string of the molecule is CSc1nnc(SCC(=O)Nc2ccc(Cl)cc2N)s1. The smallest absolute Gasteiger partial charge is 0.234 e. The highest BCUT2D eigenvalue weighted by Crippen LogP contribution is 2.28. The molecular formula is C11H11ClN4OS3. The van der Waals surface area contributed by atoms with Gasteiger partial charge in [0.15, 0.2) is 8.68 Å². The van der Waals surface area contributed by atoms with E-state index >= 15 is 0 Å². The number of nitrogen functional groups attached to an aromatic ring is 1. The molecule has 106 valence electrons. The molecule has 1 heterocycles. The number of nitrogens with two attached hydrogens (primary N) is 1. The number of hydrogen-bond donors (Lipinski definition) is 2. The summed E-state index contributed by atoms with van der Waals surface area (Å²) >= 11 is 10.1. The van der Waals surface area contributed by atoms with Crippen molar-refractivity contribution in [1.29, 1.82) is 0 Å². The Kier molecular flexibility index (Phi) is 5.53. The molecule has 1 aromatic heterocycles. The van der Waals surface area contributed by atoms with Crippen molar-refractivity contribution in [3.05, 3.63) is 23.2 Å². The second kappa shape index (κ2) is 7.16. The van der Waals surface area contributed by atoms with Crippen LogP contribution in [0.3, 0.4) is 0 Å². The van der Waals surface area contributed by atoms with Crippen molar-refractivity contribution in [2.24, 2.45) is 0 Å². The fourth-order valence-corrected chi connectivity index (χ4v) is 3.72. The van der Waals surface area contributed by atoms with Gasteiger partial charge in [-0.05, 0) is 24.5 Å². The van der Waals surface area contributed by atoms with Gasteiger partial charge in [0.1, 0.15) is 0 Å². The molecule has 2 aromatic rings. The van der Waals surface area contributed by atoms with Crippen LogP contribution in [0.15, 0.2) is 26.9 Å². The average molecular weight is 347 g/mol. The van der Waals surface area contributed by atoms with Crippen molar-refractivity contribution >= 4 is 63.7 Å². The summed E-state index contributed by atoms with van der Waals surface area (Å²) in [5.74, 6) is 0.107. The van der Waals surface area contributed by atoms with Crippen molar-refractivity contribution < 1.29 is 4.79 Å². The average Bonchev–Trinajstić information content (AvgIpc) is 2.88. The first-order valence-electron chi connectivity index (χ1n) is 5.43. The molecule has 2 rings (SSSR count). The van der Waals surface area contributed by atoms with Gasteiger partial charge >= 0.3 is 0 Å². The van der Waals surface area contributed by atoms with E-state index in [1.165, 1.54) is 34.9 Å². The van der Waals surface area contributed by atoms with E-state index in [0.29, 0.717) is 16.4 Å². The Morgan fingerprint density at radius 2 is 2.20 bits per heavy atom. The van der Waals surface area contributed by atoms with E-state index in [-0.39, 0.29) is 11.7 Å². The number of halogens is 1. The predicted molar refractivity (Wildman–Crippen MR) is 86.9 cm³/mol. The van der Waals surface area contributed by atoms with Crippen LogP contribution in [0.25, 0.3) is 0 Å². The predicted octanol–water partition coefficient (Wildman–Crippen LogP) is 3.23. The Morgan fingerprint density at radius 3 is 2.85 bits per heavy atom. The van der Waals surface area contributed by atoms with Crippen molar-refractivity contribution in [3.8, 4) is 0 Å². The second-order valence-electron chi connectivity index (χ2n) is 3.61. The summed E-state index contributed by atoms with van der Waals surface area (Å²) in [6.07, 6.45) is 1.94. The van der Waals surface area contributed by atoms with E-state index in [1.54, 1.807) is 18.2 Å². The molecule has 20 heavy (non-hydrogen) atoms. The summed E-state index contributed by atoms with van der Waals surface area (Å²) < 4.78 is 1.66. The minimum Gasteiger partial charge on any atom is -0.397 e. The lowest BCUT2D eigenvalue weighted by Gasteiger charge is -2.07. The Bertz CT molecular complexity index is 619. The maximum Gasteiger partial charge on any atom is 0.234 e. The van der Waals surface area contributed by atoms with Crippen molar-refractivity contribution in [1.82, 2.24) is 10.2 Å². The fourth-order valence-electron chi connectivity index (χ4n) is 1.30. The number of hydrogen-bond acceptors (Lipinski definition) is 7. The number of anilines is 2. The normalized spacial score (nSPS) is 10.5. The lowest BCUT2D eigenvalue weighted by atomic mass is 10.2. The van der Waals surface area contributed by atoms with Crippen LogP contribution in [0, 0.1) is 0 Å². The van der Waals surface area contributed by atoms with Gasteiger partial charge in [0.25, 0.3) is 0 Å². The van der Waals surface area contributed by atoms with E-state index in [2.05, 4.69) is 15.5 Å². The molecular weight excluding hydrogens is 336 g/mol. The standard InChI is InChI=1S/C11H11ClN4OS3/c1-18-10-15-16-11(20-10)19-5-9(17)14-8-3-2-6(12)4-7(8)13/h2-4H,5,13H2,1H3,(H,14,17). The number of benzene rings is 1. The molecule has 3 N–H and O–H groups in total. The van der Waals surface area contributed by atoms with Crippen LogP contribution in [-0.4, -0.2) is 28.1 Å². The molecule has 0 bridgehead atoms. The monoisotopic (exact) mass is 346 g/mol. The molecule has 0 unspecified atom stereocenters. The third kappa shape index (κ3) is 4.27. The van der Waals surface area contributed by atoms with Gasteiger partial charge < -0.3 is 11.1 Å². The van der Waals surface area contributed by atoms with Crippen LogP contribution in [0.1, 0.15) is 0 Å². The Balaban J connectivity index is 1.89. The molecule has 1 amide bonds. The number of nitrogens with zero attached hydrogens (tertiary/aromatic N) is 2. The van der Waals surface area contributed by atoms with E-state index in [9.17, 15) is 4.79 Å². The summed E-state index contributed by atoms with van der Waals surface area (Å²) in [6.45, 7) is 0. The lowest BCUT2D eigenvalue weighted by Crippen LogP contribution is -2.15. The number of carbonyl (C=O) groups is 1. The molecule has 9 heteroatoms. The van der Waals surface area contributed by atoms with Crippen LogP contribution in [-0.2, 0) is 4.79 Å². The molecule has 0 fully saturated rings. The summed E-state index contributed by atoms with van der Waals surface area (Å²) in [5, 5.41) is 11.2. The largest absolute Gasteiger partial charge is 0.397 e. The van der Waals surface area contributed by atoms with Gasteiger partial charge in [-0.3, -0.25) is 4.79 Å². The molecule has 0 atom stereocenters. The van der Waals surface area contributed by atoms with E-state index in [1.807, 2.05) is 6.26 Å². The van der Waals surface area contributed by atoms with Crippen LogP contribution in [0.2, 0.25) is 5.02 Å². The zero-order valence-electron chi connectivity index (χ0n) is 10.4. The zero-order chi connectivity index (χ0) is 14.5. The van der Waals surface area contributed by atoms with Crippen molar-refractivity contribution in [3.63, 3.8) is 0 Å². The molecule has 0 aliphatic heterocycles. The summed E-state index contributed by atoms with van der Waals surface area (Å²) in [6, 6.07) is 4.95. The molecule has 0 aliphatic carbocycles. The van der Waals surface area contributed by atoms with Gasteiger partial charge in [0, 0.05) is 5.02 Å². The highest BCUT2D eigenvalue weighted by molar-refractivity contribution is 8.03. The van der Waals surface area contributed by atoms with Gasteiger partial charge in [-0.15, -0.1) is 10.2 Å². The number of aromatic nitrogens is 2. The van der Waals surface area contributed by atoms with E-state index in [4.69, 9.17) is 17.3 Å². The summed E-state index contributed by atoms with van der Waals surface area (Å²) in [5.41, 5.74) is 6.77.